The number of carbonyl (C=O) groups excluding carboxylic acids is 1. The molecule has 2 aromatic rings. The van der Waals surface area contributed by atoms with E-state index in [-0.39, 0.29) is 10.8 Å². The summed E-state index contributed by atoms with van der Waals surface area (Å²) in [6, 6.07) is 10.2. The lowest BCUT2D eigenvalue weighted by Crippen LogP contribution is -2.23. The second-order valence-electron chi connectivity index (χ2n) is 5.34. The smallest absolute Gasteiger partial charge is 0.248 e. The predicted octanol–water partition coefficient (Wildman–Crippen LogP) is 2.29. The molecule has 2 rings (SSSR count). The molecule has 1 aromatic heterocycles. The van der Waals surface area contributed by atoms with E-state index in [1.54, 1.807) is 43.5 Å². The Bertz CT molecular complexity index is 860. The molecule has 1 aromatic carbocycles. The third kappa shape index (κ3) is 4.27. The summed E-state index contributed by atoms with van der Waals surface area (Å²) in [4.78, 5) is 16.2. The van der Waals surface area contributed by atoms with Gasteiger partial charge >= 0.3 is 0 Å². The number of aryl methyl sites for hydroxylation is 1. The van der Waals surface area contributed by atoms with Crippen LogP contribution in [0.15, 0.2) is 53.6 Å². The zero-order valence-corrected chi connectivity index (χ0v) is 14.5. The number of aromatic nitrogens is 1. The van der Waals surface area contributed by atoms with Gasteiger partial charge in [-0.05, 0) is 42.8 Å². The number of amides is 1. The molecule has 126 valence electrons. The summed E-state index contributed by atoms with van der Waals surface area (Å²) in [6.07, 6.45) is 4.57. The van der Waals surface area contributed by atoms with Gasteiger partial charge in [-0.15, -0.1) is 0 Å². The summed E-state index contributed by atoms with van der Waals surface area (Å²) in [5.74, 6) is -0.363. The Labute approximate surface area is 141 Å². The highest BCUT2D eigenvalue weighted by atomic mass is 32.2. The van der Waals surface area contributed by atoms with E-state index in [1.165, 1.54) is 26.2 Å². The Balaban J connectivity index is 2.19. The first kappa shape index (κ1) is 17.8. The number of sulfonamides is 1. The van der Waals surface area contributed by atoms with Gasteiger partial charge in [0.15, 0.2) is 0 Å². The van der Waals surface area contributed by atoms with Gasteiger partial charge in [0.25, 0.3) is 0 Å². The molecule has 7 heteroatoms. The van der Waals surface area contributed by atoms with Gasteiger partial charge < -0.3 is 5.32 Å². The predicted molar refractivity (Wildman–Crippen MR) is 94.0 cm³/mol. The standard InChI is InChI=1S/C17H19N3O3S/c1-13-7-8-15(12-16(13)24(22,23)20(2)3)19-17(21)10-9-14-6-4-5-11-18-14/h4-12H,1-3H3,(H,19,21)/b10-9+. The van der Waals surface area contributed by atoms with Crippen molar-refractivity contribution < 1.29 is 13.2 Å². The fraction of sp³-hybridized carbons (Fsp3) is 0.176. The number of carbonyl (C=O) groups is 1. The van der Waals surface area contributed by atoms with Gasteiger partial charge in [0.1, 0.15) is 0 Å². The fourth-order valence-electron chi connectivity index (χ4n) is 1.97. The van der Waals surface area contributed by atoms with E-state index >= 15 is 0 Å². The molecule has 0 saturated carbocycles. The molecule has 24 heavy (non-hydrogen) atoms. The van der Waals surface area contributed by atoms with Crippen LogP contribution >= 0.6 is 0 Å². The second kappa shape index (κ2) is 7.37. The average Bonchev–Trinajstić information content (AvgIpc) is 2.55. The average molecular weight is 345 g/mol. The largest absolute Gasteiger partial charge is 0.322 e. The van der Waals surface area contributed by atoms with E-state index < -0.39 is 10.0 Å². The summed E-state index contributed by atoms with van der Waals surface area (Å²) < 4.78 is 25.7. The minimum Gasteiger partial charge on any atom is -0.322 e. The molecule has 0 bridgehead atoms. The molecule has 0 unspecified atom stereocenters. The van der Waals surface area contributed by atoms with Gasteiger partial charge in [-0.2, -0.15) is 0 Å². The molecule has 1 heterocycles. The maximum absolute atomic E-state index is 12.3. The van der Waals surface area contributed by atoms with Crippen LogP contribution in [0.3, 0.4) is 0 Å². The van der Waals surface area contributed by atoms with Crippen LogP contribution in [0.5, 0.6) is 0 Å². The van der Waals surface area contributed by atoms with Crippen molar-refractivity contribution in [2.45, 2.75) is 11.8 Å². The normalized spacial score (nSPS) is 11.8. The van der Waals surface area contributed by atoms with Gasteiger partial charge in [0.05, 0.1) is 10.6 Å². The molecule has 0 aliphatic heterocycles. The van der Waals surface area contributed by atoms with Crippen LogP contribution in [-0.2, 0) is 14.8 Å². The quantitative estimate of drug-likeness (QED) is 0.843. The Kier molecular flexibility index (Phi) is 5.48. The number of rotatable bonds is 5. The zero-order valence-electron chi connectivity index (χ0n) is 13.7. The highest BCUT2D eigenvalue weighted by molar-refractivity contribution is 7.89. The van der Waals surface area contributed by atoms with Crippen molar-refractivity contribution in [2.75, 3.05) is 19.4 Å². The van der Waals surface area contributed by atoms with Gasteiger partial charge in [-0.25, -0.2) is 12.7 Å². The molecular formula is C17H19N3O3S. The lowest BCUT2D eigenvalue weighted by atomic mass is 10.2. The number of hydrogen-bond donors (Lipinski definition) is 1. The van der Waals surface area contributed by atoms with Gasteiger partial charge in [-0.3, -0.25) is 9.78 Å². The molecule has 0 spiro atoms. The molecule has 0 saturated heterocycles. The van der Waals surface area contributed by atoms with Crippen molar-refractivity contribution in [1.29, 1.82) is 0 Å². The van der Waals surface area contributed by atoms with Crippen LogP contribution in [0.4, 0.5) is 5.69 Å². The minimum absolute atomic E-state index is 0.166. The van der Waals surface area contributed by atoms with E-state index in [9.17, 15) is 13.2 Å². The van der Waals surface area contributed by atoms with Gasteiger partial charge in [0, 0.05) is 32.1 Å². The molecule has 6 nitrogen and oxygen atoms in total. The maximum atomic E-state index is 12.3. The molecule has 1 amide bonds. The van der Waals surface area contributed by atoms with Crippen molar-refractivity contribution in [3.05, 3.63) is 59.9 Å². The molecule has 1 N–H and O–H groups in total. The Morgan fingerprint density at radius 3 is 2.58 bits per heavy atom. The number of pyridine rings is 1. The number of hydrogen-bond acceptors (Lipinski definition) is 4. The van der Waals surface area contributed by atoms with Crippen LogP contribution < -0.4 is 5.32 Å². The summed E-state index contributed by atoms with van der Waals surface area (Å²) in [5.41, 5.74) is 1.69. The molecule has 0 aliphatic carbocycles. The third-order valence-corrected chi connectivity index (χ3v) is 5.26. The van der Waals surface area contributed by atoms with Crippen molar-refractivity contribution in [2.24, 2.45) is 0 Å². The first-order chi connectivity index (χ1) is 11.3. The fourth-order valence-corrected chi connectivity index (χ4v) is 3.12. The zero-order chi connectivity index (χ0) is 17.7. The Morgan fingerprint density at radius 2 is 1.96 bits per heavy atom. The first-order valence-electron chi connectivity index (χ1n) is 7.24. The van der Waals surface area contributed by atoms with Crippen molar-refractivity contribution >= 4 is 27.7 Å². The Morgan fingerprint density at radius 1 is 1.21 bits per heavy atom. The lowest BCUT2D eigenvalue weighted by Gasteiger charge is -2.14. The van der Waals surface area contributed by atoms with Crippen LogP contribution in [0, 0.1) is 6.92 Å². The van der Waals surface area contributed by atoms with E-state index in [0.717, 1.165) is 4.31 Å². The van der Waals surface area contributed by atoms with Gasteiger partial charge in [-0.1, -0.05) is 12.1 Å². The second-order valence-corrected chi connectivity index (χ2v) is 7.47. The monoisotopic (exact) mass is 345 g/mol. The summed E-state index contributed by atoms with van der Waals surface area (Å²) in [7, 11) is -0.631. The van der Waals surface area contributed by atoms with Crippen molar-refractivity contribution in [3.63, 3.8) is 0 Å². The summed E-state index contributed by atoms with van der Waals surface area (Å²) in [5, 5.41) is 2.65. The van der Waals surface area contributed by atoms with E-state index in [4.69, 9.17) is 0 Å². The molecular weight excluding hydrogens is 326 g/mol. The Hall–Kier alpha value is -2.51. The number of nitrogens with zero attached hydrogens (tertiary/aromatic N) is 2. The summed E-state index contributed by atoms with van der Waals surface area (Å²) in [6.45, 7) is 1.71. The van der Waals surface area contributed by atoms with Crippen LogP contribution in [0.25, 0.3) is 6.08 Å². The SMILES string of the molecule is Cc1ccc(NC(=O)/C=C/c2ccccn2)cc1S(=O)(=O)N(C)C. The molecule has 0 radical (unpaired) electrons. The van der Waals surface area contributed by atoms with E-state index in [2.05, 4.69) is 10.3 Å². The van der Waals surface area contributed by atoms with Crippen LogP contribution in [-0.4, -0.2) is 37.7 Å². The van der Waals surface area contributed by atoms with Crippen molar-refractivity contribution in [3.8, 4) is 0 Å². The van der Waals surface area contributed by atoms with E-state index in [0.29, 0.717) is 16.9 Å². The molecule has 0 atom stereocenters. The summed E-state index contributed by atoms with van der Waals surface area (Å²) >= 11 is 0. The number of nitrogens with one attached hydrogen (secondary N) is 1. The topological polar surface area (TPSA) is 79.4 Å². The lowest BCUT2D eigenvalue weighted by molar-refractivity contribution is -0.111. The van der Waals surface area contributed by atoms with Crippen LogP contribution in [0.2, 0.25) is 0 Å². The third-order valence-electron chi connectivity index (χ3n) is 3.31. The number of anilines is 1. The van der Waals surface area contributed by atoms with Gasteiger partial charge in [0.2, 0.25) is 15.9 Å². The maximum Gasteiger partial charge on any atom is 0.248 e. The highest BCUT2D eigenvalue weighted by Crippen LogP contribution is 2.22. The molecule has 0 aliphatic rings. The van der Waals surface area contributed by atoms with E-state index in [1.807, 2.05) is 6.07 Å². The number of benzene rings is 1. The van der Waals surface area contributed by atoms with Crippen molar-refractivity contribution in [1.82, 2.24) is 9.29 Å². The first-order valence-corrected chi connectivity index (χ1v) is 8.68. The highest BCUT2D eigenvalue weighted by Gasteiger charge is 2.20. The minimum atomic E-state index is -3.57. The molecule has 0 fully saturated rings. The van der Waals surface area contributed by atoms with Crippen LogP contribution in [0.1, 0.15) is 11.3 Å².